The summed E-state index contributed by atoms with van der Waals surface area (Å²) in [4.78, 5) is 18.8. The smallest absolute Gasteiger partial charge is 0.410 e. The molecule has 1 aliphatic rings. The van der Waals surface area contributed by atoms with Gasteiger partial charge in [-0.2, -0.15) is 0 Å². The van der Waals surface area contributed by atoms with Crippen LogP contribution in [0.3, 0.4) is 0 Å². The van der Waals surface area contributed by atoms with Crippen molar-refractivity contribution in [1.82, 2.24) is 14.5 Å². The minimum absolute atomic E-state index is 0.0366. The summed E-state index contributed by atoms with van der Waals surface area (Å²) in [5.41, 5.74) is -0.487. The van der Waals surface area contributed by atoms with Crippen LogP contribution in [0.15, 0.2) is 12.4 Å². The molecule has 0 N–H and O–H groups in total. The van der Waals surface area contributed by atoms with E-state index in [9.17, 15) is 4.79 Å². The zero-order chi connectivity index (χ0) is 18.7. The van der Waals surface area contributed by atoms with Crippen molar-refractivity contribution in [2.75, 3.05) is 13.2 Å². The predicted octanol–water partition coefficient (Wildman–Crippen LogP) is 4.27. The van der Waals surface area contributed by atoms with Crippen LogP contribution in [0.2, 0.25) is 25.7 Å². The molecule has 1 aromatic heterocycles. The largest absolute Gasteiger partial charge is 0.444 e. The van der Waals surface area contributed by atoms with Crippen molar-refractivity contribution in [2.24, 2.45) is 0 Å². The third-order valence-electron chi connectivity index (χ3n) is 4.15. The van der Waals surface area contributed by atoms with Crippen LogP contribution < -0.4 is 0 Å². The van der Waals surface area contributed by atoms with E-state index in [0.29, 0.717) is 13.3 Å². The summed E-state index contributed by atoms with van der Waals surface area (Å²) in [7, 11) is -1.09. The summed E-state index contributed by atoms with van der Waals surface area (Å²) < 4.78 is 13.4. The second kappa shape index (κ2) is 7.91. The molecule has 0 aliphatic carbocycles. The number of hydrogen-bond acceptors (Lipinski definition) is 4. The van der Waals surface area contributed by atoms with E-state index in [1.807, 2.05) is 31.5 Å². The van der Waals surface area contributed by atoms with E-state index in [2.05, 4.69) is 24.6 Å². The molecule has 142 valence electrons. The van der Waals surface area contributed by atoms with E-state index in [-0.39, 0.29) is 12.1 Å². The highest BCUT2D eigenvalue weighted by Crippen LogP contribution is 2.32. The van der Waals surface area contributed by atoms with Crippen molar-refractivity contribution in [2.45, 2.75) is 77.7 Å². The van der Waals surface area contributed by atoms with Gasteiger partial charge in [0, 0.05) is 33.6 Å². The maximum absolute atomic E-state index is 12.5. The lowest BCUT2D eigenvalue weighted by Crippen LogP contribution is -2.37. The lowest BCUT2D eigenvalue weighted by atomic mass is 10.2. The van der Waals surface area contributed by atoms with Crippen LogP contribution >= 0.6 is 0 Å². The van der Waals surface area contributed by atoms with Crippen LogP contribution in [0, 0.1) is 0 Å². The lowest BCUT2D eigenvalue weighted by Gasteiger charge is -2.28. The topological polar surface area (TPSA) is 56.6 Å². The Labute approximate surface area is 152 Å². The molecule has 1 aromatic rings. The first-order valence-electron chi connectivity index (χ1n) is 9.15. The van der Waals surface area contributed by atoms with Gasteiger partial charge >= 0.3 is 6.09 Å². The molecule has 0 bridgehead atoms. The second-order valence-electron chi connectivity index (χ2n) is 8.93. The zero-order valence-electron chi connectivity index (χ0n) is 16.5. The van der Waals surface area contributed by atoms with Gasteiger partial charge in [-0.1, -0.05) is 19.6 Å². The normalized spacial score (nSPS) is 18.6. The van der Waals surface area contributed by atoms with Crippen molar-refractivity contribution >= 4 is 14.2 Å². The Morgan fingerprint density at radius 3 is 2.72 bits per heavy atom. The highest BCUT2D eigenvalue weighted by Gasteiger charge is 2.35. The number of imidazole rings is 1. The molecule has 0 aromatic carbocycles. The SMILES string of the molecule is CC(C)(C)OC(=O)N1CCCC1c1nccn1COCC[Si](C)(C)C. The van der Waals surface area contributed by atoms with Crippen LogP contribution in [0.5, 0.6) is 0 Å². The van der Waals surface area contributed by atoms with Crippen LogP contribution in [-0.4, -0.2) is 47.4 Å². The van der Waals surface area contributed by atoms with E-state index in [1.165, 1.54) is 0 Å². The summed E-state index contributed by atoms with van der Waals surface area (Å²) in [6.45, 7) is 14.7. The fourth-order valence-corrected chi connectivity index (χ4v) is 3.60. The Morgan fingerprint density at radius 1 is 1.36 bits per heavy atom. The maximum atomic E-state index is 12.5. The molecule has 1 aliphatic heterocycles. The molecular formula is C18H33N3O3Si. The Kier molecular flexibility index (Phi) is 6.32. The van der Waals surface area contributed by atoms with Crippen LogP contribution in [0.1, 0.15) is 45.5 Å². The number of carbonyl (C=O) groups is 1. The minimum Gasteiger partial charge on any atom is -0.444 e. The number of likely N-dealkylation sites (tertiary alicyclic amines) is 1. The number of aromatic nitrogens is 2. The van der Waals surface area contributed by atoms with E-state index in [4.69, 9.17) is 9.47 Å². The van der Waals surface area contributed by atoms with Crippen molar-refractivity contribution < 1.29 is 14.3 Å². The molecule has 0 spiro atoms. The molecule has 1 amide bonds. The molecule has 1 unspecified atom stereocenters. The van der Waals surface area contributed by atoms with Gasteiger partial charge in [-0.15, -0.1) is 0 Å². The van der Waals surface area contributed by atoms with Crippen LogP contribution in [-0.2, 0) is 16.2 Å². The summed E-state index contributed by atoms with van der Waals surface area (Å²) >= 11 is 0. The molecule has 0 radical (unpaired) electrons. The summed E-state index contributed by atoms with van der Waals surface area (Å²) in [5, 5.41) is 0. The monoisotopic (exact) mass is 367 g/mol. The zero-order valence-corrected chi connectivity index (χ0v) is 17.5. The van der Waals surface area contributed by atoms with Crippen molar-refractivity contribution in [3.63, 3.8) is 0 Å². The Balaban J connectivity index is 1.98. The third kappa shape index (κ3) is 6.15. The first-order chi connectivity index (χ1) is 11.6. The number of ether oxygens (including phenoxy) is 2. The molecule has 1 fully saturated rings. The highest BCUT2D eigenvalue weighted by atomic mass is 28.3. The maximum Gasteiger partial charge on any atom is 0.410 e. The van der Waals surface area contributed by atoms with E-state index in [0.717, 1.165) is 31.3 Å². The Hall–Kier alpha value is -1.34. The van der Waals surface area contributed by atoms with E-state index < -0.39 is 13.7 Å². The lowest BCUT2D eigenvalue weighted by molar-refractivity contribution is 0.0204. The molecule has 2 heterocycles. The van der Waals surface area contributed by atoms with Crippen molar-refractivity contribution in [1.29, 1.82) is 0 Å². The Bertz CT molecular complexity index is 575. The highest BCUT2D eigenvalue weighted by molar-refractivity contribution is 6.76. The molecular weight excluding hydrogens is 334 g/mol. The quantitative estimate of drug-likeness (QED) is 0.556. The van der Waals surface area contributed by atoms with Crippen LogP contribution in [0.4, 0.5) is 4.79 Å². The van der Waals surface area contributed by atoms with Gasteiger partial charge in [0.25, 0.3) is 0 Å². The number of rotatable bonds is 6. The summed E-state index contributed by atoms with van der Waals surface area (Å²) in [6, 6.07) is 1.11. The average molecular weight is 368 g/mol. The average Bonchev–Trinajstić information content (AvgIpc) is 3.09. The fraction of sp³-hybridized carbons (Fsp3) is 0.778. The van der Waals surface area contributed by atoms with Gasteiger partial charge in [0.2, 0.25) is 0 Å². The third-order valence-corrected chi connectivity index (χ3v) is 5.86. The second-order valence-corrected chi connectivity index (χ2v) is 14.6. The van der Waals surface area contributed by atoms with Gasteiger partial charge in [0.15, 0.2) is 0 Å². The number of hydrogen-bond donors (Lipinski definition) is 0. The first kappa shape index (κ1) is 20.0. The molecule has 0 saturated carbocycles. The van der Waals surface area contributed by atoms with Gasteiger partial charge in [-0.05, 0) is 39.7 Å². The Morgan fingerprint density at radius 2 is 2.08 bits per heavy atom. The summed E-state index contributed by atoms with van der Waals surface area (Å²) in [5.74, 6) is 0.886. The van der Waals surface area contributed by atoms with Gasteiger partial charge < -0.3 is 14.0 Å². The van der Waals surface area contributed by atoms with Crippen molar-refractivity contribution in [3.05, 3.63) is 18.2 Å². The molecule has 25 heavy (non-hydrogen) atoms. The van der Waals surface area contributed by atoms with E-state index in [1.54, 1.807) is 11.1 Å². The summed E-state index contributed by atoms with van der Waals surface area (Å²) in [6.07, 6.45) is 5.32. The molecule has 2 rings (SSSR count). The van der Waals surface area contributed by atoms with E-state index >= 15 is 0 Å². The molecule has 6 nitrogen and oxygen atoms in total. The number of amides is 1. The standard InChI is InChI=1S/C18H33N3O3Si/c1-18(2,3)24-17(22)21-10-7-8-15(21)16-19-9-11-20(16)14-23-12-13-25(4,5)6/h9,11,15H,7-8,10,12-14H2,1-6H3. The van der Waals surface area contributed by atoms with Gasteiger partial charge in [-0.3, -0.25) is 4.90 Å². The number of nitrogens with zero attached hydrogens (tertiary/aromatic N) is 3. The predicted molar refractivity (Wildman–Crippen MR) is 101 cm³/mol. The fourth-order valence-electron chi connectivity index (χ4n) is 2.84. The van der Waals surface area contributed by atoms with Gasteiger partial charge in [0.05, 0.1) is 6.04 Å². The number of carbonyl (C=O) groups excluding carboxylic acids is 1. The van der Waals surface area contributed by atoms with Crippen LogP contribution in [0.25, 0.3) is 0 Å². The van der Waals surface area contributed by atoms with Gasteiger partial charge in [-0.25, -0.2) is 9.78 Å². The van der Waals surface area contributed by atoms with Gasteiger partial charge in [0.1, 0.15) is 18.2 Å². The van der Waals surface area contributed by atoms with Crippen molar-refractivity contribution in [3.8, 4) is 0 Å². The molecule has 1 saturated heterocycles. The first-order valence-corrected chi connectivity index (χ1v) is 12.9. The molecule has 1 atom stereocenters. The molecule has 7 heteroatoms. The minimum atomic E-state index is -1.09.